The van der Waals surface area contributed by atoms with E-state index in [-0.39, 0.29) is 17.9 Å². The monoisotopic (exact) mass is 540 g/mol. The Morgan fingerprint density at radius 3 is 2.71 bits per heavy atom. The zero-order valence-corrected chi connectivity index (χ0v) is 20.7. The molecular formula is C22H22ClFN4O5S2. The molecule has 0 radical (unpaired) electrons. The smallest absolute Gasteiger partial charge is 0.307 e. The largest absolute Gasteiger partial charge is 0.481 e. The second-order valence-electron chi connectivity index (χ2n) is 8.04. The molecule has 1 aliphatic rings. The van der Waals surface area contributed by atoms with Gasteiger partial charge in [0.2, 0.25) is 0 Å². The molecule has 4 rings (SSSR count). The summed E-state index contributed by atoms with van der Waals surface area (Å²) in [5.41, 5.74) is 1.83. The number of aliphatic carboxylic acids is 1. The molecule has 1 saturated heterocycles. The van der Waals surface area contributed by atoms with Crippen LogP contribution in [-0.4, -0.2) is 53.2 Å². The maximum atomic E-state index is 13.4. The van der Waals surface area contributed by atoms with E-state index < -0.39 is 40.3 Å². The number of rotatable bonds is 7. The second-order valence-corrected chi connectivity index (χ2v) is 11.3. The number of benzene rings is 2. The minimum atomic E-state index is -3.92. The van der Waals surface area contributed by atoms with Crippen molar-refractivity contribution in [2.75, 3.05) is 12.4 Å². The molecule has 3 atom stereocenters. The van der Waals surface area contributed by atoms with Gasteiger partial charge in [-0.15, -0.1) is 11.3 Å². The molecule has 1 fully saturated rings. The van der Waals surface area contributed by atoms with E-state index in [1.165, 1.54) is 30.5 Å². The van der Waals surface area contributed by atoms with Crippen molar-refractivity contribution in [2.45, 2.75) is 31.2 Å². The third-order valence-electron chi connectivity index (χ3n) is 5.63. The number of carboxylic acid groups (broad SMARTS) is 1. The molecule has 0 amide bonds. The Morgan fingerprint density at radius 2 is 2.06 bits per heavy atom. The van der Waals surface area contributed by atoms with Crippen molar-refractivity contribution in [2.24, 2.45) is 0 Å². The Kier molecular flexibility index (Phi) is 7.40. The fourth-order valence-corrected chi connectivity index (χ4v) is 6.29. The Labute approximate surface area is 210 Å². The third-order valence-corrected chi connectivity index (χ3v) is 8.69. The first kappa shape index (κ1) is 25.5. The standard InChI is InChI=1S/C22H22ClFN4O5S2/c1-28-18(21(31)26-14-6-7-16(24)15(23)9-14)10-17(27-35(28,32)33)22-25-11-19(34-22)13-4-2-12(3-5-13)8-20(29)30/h2-7,9,11,17-18,21,26-27,31H,8,10H2,1H3,(H,29,30)/t17-,18+,21?/m0/s1. The lowest BCUT2D eigenvalue weighted by Gasteiger charge is -2.38. The first-order valence-electron chi connectivity index (χ1n) is 10.5. The van der Waals surface area contributed by atoms with Crippen molar-refractivity contribution in [3.8, 4) is 10.4 Å². The van der Waals surface area contributed by atoms with E-state index >= 15 is 0 Å². The minimum absolute atomic E-state index is 0.0759. The van der Waals surface area contributed by atoms with E-state index in [0.29, 0.717) is 16.3 Å². The van der Waals surface area contributed by atoms with Crippen LogP contribution in [0, 0.1) is 5.82 Å². The fraction of sp³-hybridized carbons (Fsp3) is 0.273. The predicted molar refractivity (Wildman–Crippen MR) is 131 cm³/mol. The average molecular weight is 541 g/mol. The van der Waals surface area contributed by atoms with Crippen molar-refractivity contribution in [3.05, 3.63) is 70.1 Å². The topological polar surface area (TPSA) is 132 Å². The zero-order chi connectivity index (χ0) is 25.3. The summed E-state index contributed by atoms with van der Waals surface area (Å²) < 4.78 is 42.6. The lowest BCUT2D eigenvalue weighted by atomic mass is 10.1. The second kappa shape index (κ2) is 10.2. The van der Waals surface area contributed by atoms with Crippen molar-refractivity contribution in [1.82, 2.24) is 14.0 Å². The van der Waals surface area contributed by atoms with Crippen molar-refractivity contribution in [3.63, 3.8) is 0 Å². The molecule has 35 heavy (non-hydrogen) atoms. The molecule has 2 aromatic carbocycles. The maximum absolute atomic E-state index is 13.4. The van der Waals surface area contributed by atoms with Gasteiger partial charge in [0.1, 0.15) is 17.1 Å². The first-order chi connectivity index (χ1) is 16.5. The van der Waals surface area contributed by atoms with Crippen molar-refractivity contribution < 1.29 is 27.8 Å². The molecular weight excluding hydrogens is 519 g/mol. The molecule has 13 heteroatoms. The molecule has 0 aliphatic carbocycles. The molecule has 0 spiro atoms. The zero-order valence-electron chi connectivity index (χ0n) is 18.4. The number of aliphatic hydroxyl groups excluding tert-OH is 1. The Bertz CT molecular complexity index is 1340. The quantitative estimate of drug-likeness (QED) is 0.338. The molecule has 0 bridgehead atoms. The number of nitrogens with zero attached hydrogens (tertiary/aromatic N) is 2. The van der Waals surface area contributed by atoms with Gasteiger partial charge in [-0.1, -0.05) is 35.9 Å². The van der Waals surface area contributed by atoms with Gasteiger partial charge in [0.05, 0.1) is 28.4 Å². The van der Waals surface area contributed by atoms with Crippen molar-refractivity contribution >= 4 is 44.8 Å². The molecule has 0 saturated carbocycles. The number of nitrogens with one attached hydrogen (secondary N) is 2. The molecule has 9 nitrogen and oxygen atoms in total. The van der Waals surface area contributed by atoms with Crippen LogP contribution in [0.25, 0.3) is 10.4 Å². The molecule has 186 valence electrons. The van der Waals surface area contributed by atoms with E-state index in [1.807, 2.05) is 0 Å². The van der Waals surface area contributed by atoms with Gasteiger partial charge in [-0.3, -0.25) is 4.79 Å². The summed E-state index contributed by atoms with van der Waals surface area (Å²) in [7, 11) is -2.57. The number of carbonyl (C=O) groups is 1. The summed E-state index contributed by atoms with van der Waals surface area (Å²) in [6.45, 7) is 0. The minimum Gasteiger partial charge on any atom is -0.481 e. The number of anilines is 1. The summed E-state index contributed by atoms with van der Waals surface area (Å²) in [6, 6.07) is 9.35. The van der Waals surface area contributed by atoms with Crippen LogP contribution in [0.5, 0.6) is 0 Å². The van der Waals surface area contributed by atoms with Gasteiger partial charge < -0.3 is 15.5 Å². The molecule has 1 aromatic heterocycles. The van der Waals surface area contributed by atoms with Gasteiger partial charge in [-0.2, -0.15) is 17.4 Å². The third kappa shape index (κ3) is 5.80. The Balaban J connectivity index is 1.53. The summed E-state index contributed by atoms with van der Waals surface area (Å²) in [5.74, 6) is -1.52. The van der Waals surface area contributed by atoms with Crippen LogP contribution >= 0.6 is 22.9 Å². The molecule has 1 unspecified atom stereocenters. The lowest BCUT2D eigenvalue weighted by Crippen LogP contribution is -2.57. The molecule has 3 aromatic rings. The highest BCUT2D eigenvalue weighted by molar-refractivity contribution is 7.87. The van der Waals surface area contributed by atoms with Gasteiger partial charge >= 0.3 is 5.97 Å². The normalized spacial score (nSPS) is 20.9. The molecule has 2 heterocycles. The van der Waals surface area contributed by atoms with E-state index in [4.69, 9.17) is 16.7 Å². The fourth-order valence-electron chi connectivity index (χ4n) is 3.75. The summed E-state index contributed by atoms with van der Waals surface area (Å²) in [4.78, 5) is 16.1. The number of aliphatic hydroxyl groups is 1. The predicted octanol–water partition coefficient (Wildman–Crippen LogP) is 3.24. The SMILES string of the molecule is CN1[C@@H](C(O)Nc2ccc(F)c(Cl)c2)C[C@@H](c2ncc(-c3ccc(CC(=O)O)cc3)s2)NS1(=O)=O. The Hall–Kier alpha value is -2.61. The van der Waals surface area contributed by atoms with Crippen LogP contribution < -0.4 is 10.0 Å². The first-order valence-corrected chi connectivity index (χ1v) is 13.1. The lowest BCUT2D eigenvalue weighted by molar-refractivity contribution is -0.136. The van der Waals surface area contributed by atoms with Crippen molar-refractivity contribution in [1.29, 1.82) is 0 Å². The number of hydrogen-bond acceptors (Lipinski definition) is 7. The number of halogens is 2. The average Bonchev–Trinajstić information content (AvgIpc) is 3.28. The summed E-state index contributed by atoms with van der Waals surface area (Å²) >= 11 is 7.10. The van der Waals surface area contributed by atoms with Gasteiger partial charge in [-0.05, 0) is 35.7 Å². The highest BCUT2D eigenvalue weighted by Crippen LogP contribution is 2.35. The van der Waals surface area contributed by atoms with Gasteiger partial charge in [0, 0.05) is 18.9 Å². The summed E-state index contributed by atoms with van der Waals surface area (Å²) in [6.07, 6.45) is 0.460. The van der Waals surface area contributed by atoms with E-state index in [9.17, 15) is 22.7 Å². The van der Waals surface area contributed by atoms with Gasteiger partial charge in [0.15, 0.2) is 0 Å². The number of hydrogen-bond donors (Lipinski definition) is 4. The molecule has 4 N–H and O–H groups in total. The highest BCUT2D eigenvalue weighted by Gasteiger charge is 2.41. The van der Waals surface area contributed by atoms with Crippen LogP contribution in [0.3, 0.4) is 0 Å². The van der Waals surface area contributed by atoms with Crippen LogP contribution in [0.1, 0.15) is 23.0 Å². The molecule has 1 aliphatic heterocycles. The summed E-state index contributed by atoms with van der Waals surface area (Å²) in [5, 5.41) is 22.9. The van der Waals surface area contributed by atoms with Gasteiger partial charge in [-0.25, -0.2) is 9.37 Å². The number of carboxylic acids is 1. The van der Waals surface area contributed by atoms with Crippen LogP contribution in [0.15, 0.2) is 48.7 Å². The number of likely N-dealkylation sites (N-methyl/N-ethyl adjacent to an activating group) is 1. The van der Waals surface area contributed by atoms with Crippen LogP contribution in [-0.2, 0) is 21.4 Å². The number of thiazole rings is 1. The highest BCUT2D eigenvalue weighted by atomic mass is 35.5. The van der Waals surface area contributed by atoms with E-state index in [0.717, 1.165) is 20.8 Å². The maximum Gasteiger partial charge on any atom is 0.307 e. The van der Waals surface area contributed by atoms with E-state index in [2.05, 4.69) is 15.0 Å². The number of aromatic nitrogens is 1. The van der Waals surface area contributed by atoms with Crippen LogP contribution in [0.2, 0.25) is 5.02 Å². The van der Waals surface area contributed by atoms with Crippen LogP contribution in [0.4, 0.5) is 10.1 Å². The van der Waals surface area contributed by atoms with Gasteiger partial charge in [0.25, 0.3) is 10.2 Å². The Morgan fingerprint density at radius 1 is 1.34 bits per heavy atom. The van der Waals surface area contributed by atoms with E-state index in [1.54, 1.807) is 30.5 Å².